The lowest BCUT2D eigenvalue weighted by atomic mass is 10.0. The van der Waals surface area contributed by atoms with E-state index in [4.69, 9.17) is 18.9 Å². The van der Waals surface area contributed by atoms with Gasteiger partial charge in [-0.25, -0.2) is 0 Å². The largest absolute Gasteiger partial charge is 0.497 e. The highest BCUT2D eigenvalue weighted by molar-refractivity contribution is 5.79. The topological polar surface area (TPSA) is 69.3 Å². The Hall–Kier alpha value is -2.93. The van der Waals surface area contributed by atoms with Gasteiger partial charge in [-0.15, -0.1) is 0 Å². The number of nitrogens with one attached hydrogen (secondary N) is 1. The van der Waals surface area contributed by atoms with Crippen LogP contribution in [0.2, 0.25) is 0 Å². The second kappa shape index (κ2) is 10.9. The van der Waals surface area contributed by atoms with Gasteiger partial charge < -0.3 is 24.3 Å². The molecule has 31 heavy (non-hydrogen) atoms. The molecular weight excluding hydrogens is 396 g/mol. The second-order valence-corrected chi connectivity index (χ2v) is 7.55. The first-order valence-corrected chi connectivity index (χ1v) is 10.5. The van der Waals surface area contributed by atoms with Gasteiger partial charge in [-0.05, 0) is 61.3 Å². The normalized spacial score (nSPS) is 14.7. The summed E-state index contributed by atoms with van der Waals surface area (Å²) >= 11 is 0. The number of benzene rings is 2. The first-order valence-electron chi connectivity index (χ1n) is 10.5. The number of methoxy groups -OCH3 is 4. The monoisotopic (exact) mass is 428 g/mol. The molecule has 1 saturated heterocycles. The van der Waals surface area contributed by atoms with Gasteiger partial charge >= 0.3 is 0 Å². The Kier molecular flexibility index (Phi) is 8.00. The van der Waals surface area contributed by atoms with Crippen LogP contribution in [0.25, 0.3) is 0 Å². The molecule has 1 atom stereocenters. The van der Waals surface area contributed by atoms with Crippen molar-refractivity contribution in [3.8, 4) is 23.0 Å². The Morgan fingerprint density at radius 1 is 0.935 bits per heavy atom. The average Bonchev–Trinajstić information content (AvgIpc) is 3.33. The van der Waals surface area contributed by atoms with Crippen LogP contribution in [-0.2, 0) is 11.2 Å². The van der Waals surface area contributed by atoms with Gasteiger partial charge in [0, 0.05) is 6.54 Å². The highest BCUT2D eigenvalue weighted by Gasteiger charge is 2.24. The summed E-state index contributed by atoms with van der Waals surface area (Å²) in [5.74, 6) is 2.38. The minimum atomic E-state index is -0.0491. The molecule has 0 spiro atoms. The first-order chi connectivity index (χ1) is 15.1. The number of nitrogens with zero attached hydrogens (tertiary/aromatic N) is 1. The predicted molar refractivity (Wildman–Crippen MR) is 119 cm³/mol. The third-order valence-electron chi connectivity index (χ3n) is 5.66. The van der Waals surface area contributed by atoms with Crippen molar-refractivity contribution >= 4 is 5.91 Å². The Morgan fingerprint density at radius 3 is 2.06 bits per heavy atom. The smallest absolute Gasteiger partial charge is 0.224 e. The van der Waals surface area contributed by atoms with Crippen molar-refractivity contribution in [2.24, 2.45) is 0 Å². The van der Waals surface area contributed by atoms with Crippen molar-refractivity contribution in [1.29, 1.82) is 0 Å². The second-order valence-electron chi connectivity index (χ2n) is 7.55. The van der Waals surface area contributed by atoms with Crippen LogP contribution >= 0.6 is 0 Å². The highest BCUT2D eigenvalue weighted by Crippen LogP contribution is 2.38. The molecule has 1 heterocycles. The summed E-state index contributed by atoms with van der Waals surface area (Å²) < 4.78 is 21.4. The van der Waals surface area contributed by atoms with Crippen LogP contribution < -0.4 is 24.3 Å². The van der Waals surface area contributed by atoms with E-state index in [1.165, 1.54) is 18.4 Å². The molecule has 0 aliphatic carbocycles. The number of rotatable bonds is 10. The number of hydrogen-bond acceptors (Lipinski definition) is 6. The van der Waals surface area contributed by atoms with Gasteiger partial charge in [0.05, 0.1) is 40.9 Å². The first kappa shape index (κ1) is 22.7. The predicted octanol–water partition coefficient (Wildman–Crippen LogP) is 3.22. The molecule has 3 rings (SSSR count). The number of hydrogen-bond donors (Lipinski definition) is 1. The molecule has 1 aliphatic heterocycles. The Morgan fingerprint density at radius 2 is 1.55 bits per heavy atom. The molecule has 7 nitrogen and oxygen atoms in total. The van der Waals surface area contributed by atoms with E-state index in [0.29, 0.717) is 23.8 Å². The summed E-state index contributed by atoms with van der Waals surface area (Å²) in [6.07, 6.45) is 2.60. The molecule has 1 fully saturated rings. The van der Waals surface area contributed by atoms with Crippen molar-refractivity contribution in [3.05, 3.63) is 47.5 Å². The fourth-order valence-corrected chi connectivity index (χ4v) is 4.03. The van der Waals surface area contributed by atoms with Crippen LogP contribution in [0.5, 0.6) is 23.0 Å². The van der Waals surface area contributed by atoms with E-state index in [1.54, 1.807) is 28.4 Å². The molecule has 168 valence electrons. The number of likely N-dealkylation sites (tertiary alicyclic amines) is 1. The third-order valence-corrected chi connectivity index (χ3v) is 5.66. The maximum Gasteiger partial charge on any atom is 0.224 e. The lowest BCUT2D eigenvalue weighted by Gasteiger charge is -2.28. The standard InChI is InChI=1S/C24H32N2O5/c1-28-19-9-7-18(8-10-19)20(26-11-5-6-12-26)16-25-23(27)15-17-13-21(29-2)24(31-4)22(14-17)30-3/h7-10,13-14,20H,5-6,11-12,15-16H2,1-4H3,(H,25,27)/t20-/m0/s1. The molecule has 0 unspecified atom stereocenters. The van der Waals surface area contributed by atoms with Gasteiger partial charge in [-0.2, -0.15) is 0 Å². The van der Waals surface area contributed by atoms with Crippen LogP contribution in [0.1, 0.15) is 30.0 Å². The van der Waals surface area contributed by atoms with Crippen LogP contribution in [0.3, 0.4) is 0 Å². The summed E-state index contributed by atoms with van der Waals surface area (Å²) in [4.78, 5) is 15.2. The number of carbonyl (C=O) groups excluding carboxylic acids is 1. The SMILES string of the molecule is COc1ccc([C@H](CNC(=O)Cc2cc(OC)c(OC)c(OC)c2)N2CCCC2)cc1. The van der Waals surface area contributed by atoms with E-state index in [2.05, 4.69) is 22.3 Å². The molecular formula is C24H32N2O5. The molecule has 0 aromatic heterocycles. The van der Waals surface area contributed by atoms with E-state index in [0.717, 1.165) is 24.4 Å². The number of amides is 1. The van der Waals surface area contributed by atoms with Crippen LogP contribution in [-0.4, -0.2) is 58.9 Å². The van der Waals surface area contributed by atoms with Gasteiger partial charge in [0.1, 0.15) is 5.75 Å². The minimum absolute atomic E-state index is 0.0491. The van der Waals surface area contributed by atoms with E-state index < -0.39 is 0 Å². The molecule has 7 heteroatoms. The molecule has 2 aromatic carbocycles. The Labute approximate surface area is 184 Å². The Bertz CT molecular complexity index is 838. The van der Waals surface area contributed by atoms with E-state index in [-0.39, 0.29) is 18.4 Å². The molecule has 0 bridgehead atoms. The fourth-order valence-electron chi connectivity index (χ4n) is 4.03. The summed E-state index contributed by atoms with van der Waals surface area (Å²) in [7, 11) is 6.36. The summed E-state index contributed by atoms with van der Waals surface area (Å²) in [6.45, 7) is 2.63. The van der Waals surface area contributed by atoms with Crippen molar-refractivity contribution in [3.63, 3.8) is 0 Å². The maximum absolute atomic E-state index is 12.8. The minimum Gasteiger partial charge on any atom is -0.497 e. The molecule has 1 N–H and O–H groups in total. The van der Waals surface area contributed by atoms with Gasteiger partial charge in [0.15, 0.2) is 11.5 Å². The molecule has 0 saturated carbocycles. The van der Waals surface area contributed by atoms with Gasteiger partial charge in [-0.1, -0.05) is 12.1 Å². The summed E-state index contributed by atoms with van der Waals surface area (Å²) in [5.41, 5.74) is 1.98. The summed E-state index contributed by atoms with van der Waals surface area (Å²) in [6, 6.07) is 11.8. The van der Waals surface area contributed by atoms with E-state index in [9.17, 15) is 4.79 Å². The third kappa shape index (κ3) is 5.61. The fraction of sp³-hybridized carbons (Fsp3) is 0.458. The average molecular weight is 429 g/mol. The zero-order valence-corrected chi connectivity index (χ0v) is 18.8. The Balaban J connectivity index is 1.69. The van der Waals surface area contributed by atoms with Crippen LogP contribution in [0, 0.1) is 0 Å². The highest BCUT2D eigenvalue weighted by atomic mass is 16.5. The van der Waals surface area contributed by atoms with Crippen LogP contribution in [0.4, 0.5) is 0 Å². The molecule has 1 aliphatic rings. The van der Waals surface area contributed by atoms with Gasteiger partial charge in [0.2, 0.25) is 11.7 Å². The zero-order valence-electron chi connectivity index (χ0n) is 18.8. The number of carbonyl (C=O) groups is 1. The van der Waals surface area contributed by atoms with Crippen molar-refractivity contribution in [2.75, 3.05) is 48.1 Å². The molecule has 1 amide bonds. The number of ether oxygens (including phenoxy) is 4. The molecule has 2 aromatic rings. The van der Waals surface area contributed by atoms with E-state index in [1.807, 2.05) is 24.3 Å². The lowest BCUT2D eigenvalue weighted by Crippen LogP contribution is -2.37. The zero-order chi connectivity index (χ0) is 22.2. The quantitative estimate of drug-likeness (QED) is 0.627. The van der Waals surface area contributed by atoms with E-state index >= 15 is 0 Å². The van der Waals surface area contributed by atoms with Gasteiger partial charge in [-0.3, -0.25) is 9.69 Å². The van der Waals surface area contributed by atoms with Crippen molar-refractivity contribution < 1.29 is 23.7 Å². The summed E-state index contributed by atoms with van der Waals surface area (Å²) in [5, 5.41) is 3.11. The van der Waals surface area contributed by atoms with Gasteiger partial charge in [0.25, 0.3) is 0 Å². The van der Waals surface area contributed by atoms with Crippen molar-refractivity contribution in [1.82, 2.24) is 10.2 Å². The maximum atomic E-state index is 12.8. The van der Waals surface area contributed by atoms with Crippen LogP contribution in [0.15, 0.2) is 36.4 Å². The van der Waals surface area contributed by atoms with Crippen molar-refractivity contribution in [2.45, 2.75) is 25.3 Å². The molecule has 0 radical (unpaired) electrons. The lowest BCUT2D eigenvalue weighted by molar-refractivity contribution is -0.120.